The third kappa shape index (κ3) is 5.08. The van der Waals surface area contributed by atoms with Crippen LogP contribution in [-0.2, 0) is 4.79 Å². The molecule has 0 aliphatic carbocycles. The molecular formula is C12H22N4OS. The molecule has 0 spiro atoms. The Morgan fingerprint density at radius 1 is 1.50 bits per heavy atom. The van der Waals surface area contributed by atoms with Gasteiger partial charge in [-0.2, -0.15) is 0 Å². The molecule has 102 valence electrons. The van der Waals surface area contributed by atoms with Gasteiger partial charge in [-0.25, -0.2) is 0 Å². The third-order valence-corrected chi connectivity index (χ3v) is 3.49. The summed E-state index contributed by atoms with van der Waals surface area (Å²) in [5, 5.41) is 11.6. The van der Waals surface area contributed by atoms with Gasteiger partial charge in [-0.1, -0.05) is 31.5 Å². The van der Waals surface area contributed by atoms with Crippen LogP contribution in [0.15, 0.2) is 11.5 Å². The maximum absolute atomic E-state index is 11.6. The number of aromatic nitrogens is 3. The zero-order chi connectivity index (χ0) is 13.4. The van der Waals surface area contributed by atoms with Crippen molar-refractivity contribution in [2.45, 2.75) is 51.2 Å². The summed E-state index contributed by atoms with van der Waals surface area (Å²) in [6.45, 7) is 7.05. The molecule has 0 fully saturated rings. The fourth-order valence-electron chi connectivity index (χ4n) is 1.47. The predicted molar refractivity (Wildman–Crippen MR) is 73.7 cm³/mol. The predicted octanol–water partition coefficient (Wildman–Crippen LogP) is 2.26. The molecule has 18 heavy (non-hydrogen) atoms. The van der Waals surface area contributed by atoms with E-state index in [0.717, 1.165) is 24.5 Å². The molecule has 6 heteroatoms. The number of carbonyl (C=O) groups excluding carboxylic acids is 1. The van der Waals surface area contributed by atoms with Gasteiger partial charge in [0, 0.05) is 12.6 Å². The first-order chi connectivity index (χ1) is 8.65. The van der Waals surface area contributed by atoms with E-state index < -0.39 is 0 Å². The average molecular weight is 270 g/mol. The summed E-state index contributed by atoms with van der Waals surface area (Å²) in [5.74, 6) is 0.465. The van der Waals surface area contributed by atoms with Gasteiger partial charge in [-0.3, -0.25) is 4.79 Å². The molecule has 1 amide bonds. The van der Waals surface area contributed by atoms with Gasteiger partial charge in [-0.15, -0.1) is 10.2 Å². The van der Waals surface area contributed by atoms with Crippen LogP contribution in [0.4, 0.5) is 0 Å². The first-order valence-corrected chi connectivity index (χ1v) is 7.42. The van der Waals surface area contributed by atoms with Gasteiger partial charge in [0.15, 0.2) is 5.16 Å². The molecule has 1 aromatic rings. The molecule has 0 aliphatic rings. The topological polar surface area (TPSA) is 59.8 Å². The molecule has 0 aromatic carbocycles. The molecule has 1 rings (SSSR count). The molecule has 0 saturated carbocycles. The highest BCUT2D eigenvalue weighted by Gasteiger charge is 2.10. The van der Waals surface area contributed by atoms with Gasteiger partial charge in [0.05, 0.1) is 5.75 Å². The minimum atomic E-state index is 0.0643. The van der Waals surface area contributed by atoms with Gasteiger partial charge in [0.2, 0.25) is 5.91 Å². The third-order valence-electron chi connectivity index (χ3n) is 2.53. The Morgan fingerprint density at radius 2 is 2.28 bits per heavy atom. The largest absolute Gasteiger partial charge is 0.355 e. The van der Waals surface area contributed by atoms with Crippen molar-refractivity contribution in [3.63, 3.8) is 0 Å². The molecule has 0 radical (unpaired) electrons. The highest BCUT2D eigenvalue weighted by atomic mass is 32.2. The normalized spacial score (nSPS) is 10.9. The first-order valence-electron chi connectivity index (χ1n) is 6.44. The second-order valence-corrected chi connectivity index (χ2v) is 5.40. The summed E-state index contributed by atoms with van der Waals surface area (Å²) >= 11 is 1.43. The Hall–Kier alpha value is -1.04. The Morgan fingerprint density at radius 3 is 2.94 bits per heavy atom. The number of nitrogens with zero attached hydrogens (tertiary/aromatic N) is 3. The second kappa shape index (κ2) is 8.13. The highest BCUT2D eigenvalue weighted by molar-refractivity contribution is 7.99. The van der Waals surface area contributed by atoms with Crippen LogP contribution in [0, 0.1) is 0 Å². The van der Waals surface area contributed by atoms with Crippen molar-refractivity contribution in [2.24, 2.45) is 0 Å². The fraction of sp³-hybridized carbons (Fsp3) is 0.750. The van der Waals surface area contributed by atoms with Crippen LogP contribution in [0.2, 0.25) is 0 Å². The average Bonchev–Trinajstić information content (AvgIpc) is 2.80. The minimum Gasteiger partial charge on any atom is -0.355 e. The summed E-state index contributed by atoms with van der Waals surface area (Å²) in [4.78, 5) is 11.6. The zero-order valence-corrected chi connectivity index (χ0v) is 12.2. The van der Waals surface area contributed by atoms with E-state index in [1.54, 1.807) is 6.33 Å². The van der Waals surface area contributed by atoms with E-state index in [-0.39, 0.29) is 5.91 Å². The highest BCUT2D eigenvalue weighted by Crippen LogP contribution is 2.18. The maximum atomic E-state index is 11.6. The molecule has 1 aromatic heterocycles. The minimum absolute atomic E-state index is 0.0643. The van der Waals surface area contributed by atoms with E-state index in [9.17, 15) is 4.79 Å². The van der Waals surface area contributed by atoms with Crippen LogP contribution in [0.3, 0.4) is 0 Å². The Kier molecular flexibility index (Phi) is 6.78. The lowest BCUT2D eigenvalue weighted by molar-refractivity contribution is -0.118. The molecule has 5 nitrogen and oxygen atoms in total. The number of amides is 1. The number of carbonyl (C=O) groups is 1. The molecule has 0 aliphatic heterocycles. The van der Waals surface area contributed by atoms with Crippen molar-refractivity contribution in [3.05, 3.63) is 6.33 Å². The SMILES string of the molecule is CCCCCNC(=O)CSc1nncn1C(C)C. The van der Waals surface area contributed by atoms with Gasteiger partial charge in [0.25, 0.3) is 0 Å². The quantitative estimate of drug-likeness (QED) is 0.581. The van der Waals surface area contributed by atoms with Crippen LogP contribution in [0.25, 0.3) is 0 Å². The summed E-state index contributed by atoms with van der Waals surface area (Å²) < 4.78 is 1.97. The standard InChI is InChI=1S/C12H22N4OS/c1-4-5-6-7-13-11(17)8-18-12-15-14-9-16(12)10(2)3/h9-10H,4-8H2,1-3H3,(H,13,17). The van der Waals surface area contributed by atoms with Crippen molar-refractivity contribution in [2.75, 3.05) is 12.3 Å². The Balaban J connectivity index is 2.27. The van der Waals surface area contributed by atoms with E-state index >= 15 is 0 Å². The van der Waals surface area contributed by atoms with Crippen LogP contribution in [-0.4, -0.2) is 33.0 Å². The van der Waals surface area contributed by atoms with Gasteiger partial charge >= 0.3 is 0 Å². The number of thioether (sulfide) groups is 1. The number of unbranched alkanes of at least 4 members (excludes halogenated alkanes) is 2. The summed E-state index contributed by atoms with van der Waals surface area (Å²) in [6, 6.07) is 0.315. The Labute approximate surface area is 113 Å². The van der Waals surface area contributed by atoms with E-state index in [1.807, 2.05) is 4.57 Å². The van der Waals surface area contributed by atoms with Crippen LogP contribution >= 0.6 is 11.8 Å². The smallest absolute Gasteiger partial charge is 0.230 e. The van der Waals surface area contributed by atoms with E-state index in [1.165, 1.54) is 18.2 Å². The number of nitrogens with one attached hydrogen (secondary N) is 1. The number of hydrogen-bond acceptors (Lipinski definition) is 4. The van der Waals surface area contributed by atoms with Crippen molar-refractivity contribution in [1.29, 1.82) is 0 Å². The second-order valence-electron chi connectivity index (χ2n) is 4.46. The summed E-state index contributed by atoms with van der Waals surface area (Å²) in [7, 11) is 0. The lowest BCUT2D eigenvalue weighted by atomic mass is 10.2. The van der Waals surface area contributed by atoms with Crippen molar-refractivity contribution >= 4 is 17.7 Å². The molecule has 1 N–H and O–H groups in total. The summed E-state index contributed by atoms with van der Waals surface area (Å²) in [5.41, 5.74) is 0. The monoisotopic (exact) mass is 270 g/mol. The van der Waals surface area contributed by atoms with Gasteiger partial charge in [-0.05, 0) is 20.3 Å². The Bertz CT molecular complexity index is 365. The molecule has 0 atom stereocenters. The zero-order valence-electron chi connectivity index (χ0n) is 11.3. The molecular weight excluding hydrogens is 248 g/mol. The van der Waals surface area contributed by atoms with Gasteiger partial charge in [0.1, 0.15) is 6.33 Å². The van der Waals surface area contributed by atoms with Crippen LogP contribution in [0.5, 0.6) is 0 Å². The van der Waals surface area contributed by atoms with Crippen molar-refractivity contribution in [3.8, 4) is 0 Å². The lowest BCUT2D eigenvalue weighted by Crippen LogP contribution is -2.26. The number of hydrogen-bond donors (Lipinski definition) is 1. The maximum Gasteiger partial charge on any atom is 0.230 e. The van der Waals surface area contributed by atoms with E-state index in [0.29, 0.717) is 11.8 Å². The van der Waals surface area contributed by atoms with Crippen LogP contribution < -0.4 is 5.32 Å². The summed E-state index contributed by atoms with van der Waals surface area (Å²) in [6.07, 6.45) is 5.08. The molecule has 0 bridgehead atoms. The lowest BCUT2D eigenvalue weighted by Gasteiger charge is -2.09. The van der Waals surface area contributed by atoms with Crippen LogP contribution in [0.1, 0.15) is 46.1 Å². The number of rotatable bonds is 8. The molecule has 0 saturated heterocycles. The van der Waals surface area contributed by atoms with E-state index in [2.05, 4.69) is 36.3 Å². The van der Waals surface area contributed by atoms with Gasteiger partial charge < -0.3 is 9.88 Å². The molecule has 1 heterocycles. The van der Waals surface area contributed by atoms with Crippen molar-refractivity contribution < 1.29 is 4.79 Å². The van der Waals surface area contributed by atoms with Crippen molar-refractivity contribution in [1.82, 2.24) is 20.1 Å². The fourth-order valence-corrected chi connectivity index (χ4v) is 2.35. The molecule has 0 unspecified atom stereocenters. The van der Waals surface area contributed by atoms with E-state index in [4.69, 9.17) is 0 Å². The first kappa shape index (κ1) is 15.0.